The van der Waals surface area contributed by atoms with Gasteiger partial charge in [0.2, 0.25) is 0 Å². The van der Waals surface area contributed by atoms with E-state index in [1.54, 1.807) is 0 Å². The van der Waals surface area contributed by atoms with Gasteiger partial charge in [0.05, 0.1) is 0 Å². The second kappa shape index (κ2) is 4.24. The van der Waals surface area contributed by atoms with Crippen molar-refractivity contribution in [1.82, 2.24) is 0 Å². The Morgan fingerprint density at radius 1 is 0.917 bits per heavy atom. The average Bonchev–Trinajstić information content (AvgIpc) is 2.74. The summed E-state index contributed by atoms with van der Waals surface area (Å²) < 4.78 is 0. The molecule has 0 aliphatic carbocycles. The van der Waals surface area contributed by atoms with Crippen LogP contribution in [0.25, 0.3) is 0 Å². The fraction of sp³-hybridized carbons (Fsp3) is 0.400. The molecule has 0 saturated heterocycles. The average molecular weight is 196 g/mol. The van der Waals surface area contributed by atoms with Crippen LogP contribution < -0.4 is 0 Å². The first-order chi connectivity index (χ1) is 5.95. The van der Waals surface area contributed by atoms with Crippen LogP contribution in [0.5, 0.6) is 0 Å². The third-order valence-electron chi connectivity index (χ3n) is 1.98. The van der Waals surface area contributed by atoms with Crippen molar-refractivity contribution in [3.63, 3.8) is 0 Å². The lowest BCUT2D eigenvalue weighted by Gasteiger charge is -2.03. The molecule has 12 heavy (non-hydrogen) atoms. The Balaban J connectivity index is 1.77. The van der Waals surface area contributed by atoms with Crippen LogP contribution in [0.2, 0.25) is 0 Å². The molecule has 0 fully saturated rings. The highest BCUT2D eigenvalue weighted by atomic mass is 32.2. The molecular formula is C10H12S2. The Hall–Kier alpha value is -0.0800. The summed E-state index contributed by atoms with van der Waals surface area (Å²) in [6.07, 6.45) is 11.6. The van der Waals surface area contributed by atoms with Crippen LogP contribution in [0.1, 0.15) is 12.8 Å². The van der Waals surface area contributed by atoms with E-state index >= 15 is 0 Å². The van der Waals surface area contributed by atoms with Crippen molar-refractivity contribution in [2.24, 2.45) is 0 Å². The number of rotatable bonds is 2. The molecule has 0 bridgehead atoms. The van der Waals surface area contributed by atoms with Crippen molar-refractivity contribution in [3.05, 3.63) is 35.1 Å². The quantitative estimate of drug-likeness (QED) is 0.619. The van der Waals surface area contributed by atoms with Crippen LogP contribution in [0, 0.1) is 0 Å². The molecule has 0 aromatic heterocycles. The van der Waals surface area contributed by atoms with E-state index in [2.05, 4.69) is 35.1 Å². The fourth-order valence-electron chi connectivity index (χ4n) is 1.30. The van der Waals surface area contributed by atoms with Crippen LogP contribution in [-0.4, -0.2) is 10.5 Å². The minimum atomic E-state index is 0.714. The molecule has 0 saturated carbocycles. The largest absolute Gasteiger partial charge is 0.127 e. The van der Waals surface area contributed by atoms with Gasteiger partial charge in [0.1, 0.15) is 0 Å². The van der Waals surface area contributed by atoms with Gasteiger partial charge in [-0.05, 0) is 23.7 Å². The van der Waals surface area contributed by atoms with E-state index in [0.717, 1.165) is 0 Å². The predicted molar refractivity (Wildman–Crippen MR) is 59.4 cm³/mol. The van der Waals surface area contributed by atoms with Gasteiger partial charge in [-0.15, -0.1) is 23.5 Å². The van der Waals surface area contributed by atoms with Gasteiger partial charge in [-0.2, -0.15) is 0 Å². The van der Waals surface area contributed by atoms with Gasteiger partial charge in [0, 0.05) is 10.5 Å². The summed E-state index contributed by atoms with van der Waals surface area (Å²) in [5.74, 6) is 0. The summed E-state index contributed by atoms with van der Waals surface area (Å²) in [6.45, 7) is 0. The van der Waals surface area contributed by atoms with Crippen LogP contribution in [0.15, 0.2) is 35.1 Å². The summed E-state index contributed by atoms with van der Waals surface area (Å²) in [5, 5.41) is 5.83. The molecule has 0 aromatic rings. The summed E-state index contributed by atoms with van der Waals surface area (Å²) in [6, 6.07) is 0. The third-order valence-corrected chi connectivity index (χ3v) is 4.07. The van der Waals surface area contributed by atoms with Crippen LogP contribution in [0.3, 0.4) is 0 Å². The second-order valence-corrected chi connectivity index (χ2v) is 5.25. The zero-order chi connectivity index (χ0) is 8.23. The van der Waals surface area contributed by atoms with Crippen LogP contribution >= 0.6 is 23.5 Å². The molecule has 2 unspecified atom stereocenters. The molecule has 2 rings (SSSR count). The van der Waals surface area contributed by atoms with E-state index in [4.69, 9.17) is 0 Å². The lowest BCUT2D eigenvalue weighted by Crippen LogP contribution is -1.95. The molecule has 0 N–H and O–H groups in total. The van der Waals surface area contributed by atoms with E-state index in [9.17, 15) is 0 Å². The van der Waals surface area contributed by atoms with Crippen LogP contribution in [0.4, 0.5) is 0 Å². The molecule has 0 nitrogen and oxygen atoms in total. The predicted octanol–water partition coefficient (Wildman–Crippen LogP) is 3.58. The summed E-state index contributed by atoms with van der Waals surface area (Å²) in [5.41, 5.74) is 0. The molecule has 0 amide bonds. The molecule has 2 atom stereocenters. The minimum absolute atomic E-state index is 0.714. The minimum Gasteiger partial charge on any atom is -0.127 e. The highest BCUT2D eigenvalue weighted by Crippen LogP contribution is 2.28. The molecule has 0 radical (unpaired) electrons. The summed E-state index contributed by atoms with van der Waals surface area (Å²) in [4.78, 5) is 0. The Labute approximate surface area is 82.2 Å². The monoisotopic (exact) mass is 196 g/mol. The van der Waals surface area contributed by atoms with E-state index in [-0.39, 0.29) is 0 Å². The third kappa shape index (κ3) is 2.20. The highest BCUT2D eigenvalue weighted by molar-refractivity contribution is 8.03. The molecule has 2 aliphatic rings. The second-order valence-electron chi connectivity index (χ2n) is 2.95. The van der Waals surface area contributed by atoms with Gasteiger partial charge >= 0.3 is 0 Å². The smallest absolute Gasteiger partial charge is 0.0303 e. The maximum absolute atomic E-state index is 2.36. The zero-order valence-corrected chi connectivity index (χ0v) is 8.48. The van der Waals surface area contributed by atoms with E-state index in [1.165, 1.54) is 12.8 Å². The topological polar surface area (TPSA) is 0 Å². The Morgan fingerprint density at radius 2 is 1.42 bits per heavy atom. The molecule has 2 aliphatic heterocycles. The van der Waals surface area contributed by atoms with E-state index < -0.39 is 0 Å². The number of thioether (sulfide) groups is 2. The van der Waals surface area contributed by atoms with Gasteiger partial charge in [0.15, 0.2) is 0 Å². The standard InChI is InChI=1S/C10H12S2/c1-3-9(11-7-1)5-6-10-4-2-8-12-10/h1-2,5-10H,3-4H2. The first kappa shape index (κ1) is 8.52. The maximum atomic E-state index is 2.36. The molecule has 2 heteroatoms. The van der Waals surface area contributed by atoms with Gasteiger partial charge in [-0.1, -0.05) is 24.3 Å². The van der Waals surface area contributed by atoms with Crippen molar-refractivity contribution < 1.29 is 0 Å². The van der Waals surface area contributed by atoms with Crippen molar-refractivity contribution in [3.8, 4) is 0 Å². The first-order valence-corrected chi connectivity index (χ1v) is 6.13. The Morgan fingerprint density at radius 3 is 1.75 bits per heavy atom. The van der Waals surface area contributed by atoms with Crippen LogP contribution in [-0.2, 0) is 0 Å². The first-order valence-electron chi connectivity index (χ1n) is 4.24. The zero-order valence-electron chi connectivity index (χ0n) is 6.85. The summed E-state index contributed by atoms with van der Waals surface area (Å²) >= 11 is 3.86. The lowest BCUT2D eigenvalue weighted by atomic mass is 10.2. The molecule has 0 aromatic carbocycles. The van der Waals surface area contributed by atoms with Crippen molar-refractivity contribution >= 4 is 23.5 Å². The molecular weight excluding hydrogens is 184 g/mol. The molecule has 0 spiro atoms. The number of hydrogen-bond donors (Lipinski definition) is 0. The van der Waals surface area contributed by atoms with Gasteiger partial charge < -0.3 is 0 Å². The Kier molecular flexibility index (Phi) is 3.01. The number of hydrogen-bond acceptors (Lipinski definition) is 2. The Bertz CT molecular complexity index is 188. The van der Waals surface area contributed by atoms with Crippen molar-refractivity contribution in [1.29, 1.82) is 0 Å². The normalized spacial score (nSPS) is 34.0. The highest BCUT2D eigenvalue weighted by Gasteiger charge is 2.10. The van der Waals surface area contributed by atoms with Gasteiger partial charge in [-0.3, -0.25) is 0 Å². The van der Waals surface area contributed by atoms with E-state index in [1.807, 2.05) is 23.5 Å². The lowest BCUT2D eigenvalue weighted by molar-refractivity contribution is 1.05. The summed E-state index contributed by atoms with van der Waals surface area (Å²) in [7, 11) is 0. The fourth-order valence-corrected chi connectivity index (χ4v) is 2.95. The van der Waals surface area contributed by atoms with Gasteiger partial charge in [0.25, 0.3) is 0 Å². The maximum Gasteiger partial charge on any atom is 0.0303 e. The molecule has 2 heterocycles. The molecule has 64 valence electrons. The van der Waals surface area contributed by atoms with Gasteiger partial charge in [-0.25, -0.2) is 0 Å². The number of allylic oxidation sites excluding steroid dienone is 2. The van der Waals surface area contributed by atoms with Crippen molar-refractivity contribution in [2.45, 2.75) is 23.3 Å². The van der Waals surface area contributed by atoms with Crippen molar-refractivity contribution in [2.75, 3.05) is 0 Å². The van der Waals surface area contributed by atoms with E-state index in [0.29, 0.717) is 10.5 Å². The SMILES string of the molecule is C1=CSC(C=CC2CC=CS2)C1.